The molecule has 0 heterocycles. The summed E-state index contributed by atoms with van der Waals surface area (Å²) in [6.07, 6.45) is 0.699. The van der Waals surface area contributed by atoms with E-state index in [1.807, 2.05) is 0 Å². The molecule has 0 fully saturated rings. The molecule has 0 atom stereocenters. The quantitative estimate of drug-likeness (QED) is 0.418. The number of hydrogen-bond donors (Lipinski definition) is 2. The first kappa shape index (κ1) is 14.4. The van der Waals surface area contributed by atoms with Crippen molar-refractivity contribution < 1.29 is 29.0 Å². The maximum absolute atomic E-state index is 11.0. The van der Waals surface area contributed by atoms with Crippen LogP contribution in [-0.4, -0.2) is 49.8 Å². The Morgan fingerprint density at radius 1 is 1.25 bits per heavy atom. The second-order valence-electron chi connectivity index (χ2n) is 2.92. The number of methoxy groups -OCH3 is 1. The Hall–Kier alpha value is -1.63. The maximum Gasteiger partial charge on any atom is 0.329 e. The van der Waals surface area contributed by atoms with Crippen molar-refractivity contribution >= 4 is 17.8 Å². The highest BCUT2D eigenvalue weighted by Crippen LogP contribution is 1.89. The lowest BCUT2D eigenvalue weighted by molar-refractivity contribution is -0.144. The fraction of sp³-hybridized carbons (Fsp3) is 0.667. The number of carbonyl (C=O) groups excluding carboxylic acids is 2. The van der Waals surface area contributed by atoms with Gasteiger partial charge < -0.3 is 19.9 Å². The van der Waals surface area contributed by atoms with Crippen molar-refractivity contribution in [3.05, 3.63) is 0 Å². The Morgan fingerprint density at radius 3 is 2.50 bits per heavy atom. The third-order valence-electron chi connectivity index (χ3n) is 1.57. The van der Waals surface area contributed by atoms with E-state index in [9.17, 15) is 14.4 Å². The molecule has 0 unspecified atom stereocenters. The minimum absolute atomic E-state index is 0.229. The van der Waals surface area contributed by atoms with Gasteiger partial charge >= 0.3 is 11.9 Å². The molecule has 0 aromatic carbocycles. The smallest absolute Gasteiger partial charge is 0.329 e. The first-order chi connectivity index (χ1) is 7.56. The molecule has 0 aliphatic heterocycles. The minimum atomic E-state index is -1.13. The van der Waals surface area contributed by atoms with Gasteiger partial charge in [0.1, 0.15) is 13.2 Å². The average Bonchev–Trinajstić information content (AvgIpc) is 2.23. The number of carboxylic acid groups (broad SMARTS) is 1. The molecule has 2 N–H and O–H groups in total. The predicted molar refractivity (Wildman–Crippen MR) is 52.7 cm³/mol. The van der Waals surface area contributed by atoms with Gasteiger partial charge in [-0.15, -0.1) is 0 Å². The molecule has 0 spiro atoms. The third-order valence-corrected chi connectivity index (χ3v) is 1.57. The van der Waals surface area contributed by atoms with E-state index in [2.05, 4.69) is 14.8 Å². The van der Waals surface area contributed by atoms with Crippen molar-refractivity contribution in [1.82, 2.24) is 5.32 Å². The number of amides is 1. The number of aliphatic carboxylic acids is 1. The van der Waals surface area contributed by atoms with Gasteiger partial charge in [-0.25, -0.2) is 4.79 Å². The minimum Gasteiger partial charge on any atom is -0.480 e. The molecular weight excluding hydrogens is 218 g/mol. The van der Waals surface area contributed by atoms with Crippen LogP contribution in [-0.2, 0) is 23.9 Å². The SMILES string of the molecule is COC(=O)CCCNC(=O)COCC(=O)O. The van der Waals surface area contributed by atoms with Gasteiger partial charge in [-0.3, -0.25) is 9.59 Å². The van der Waals surface area contributed by atoms with Crippen LogP contribution in [0.1, 0.15) is 12.8 Å². The Bertz CT molecular complexity index is 252. The summed E-state index contributed by atoms with van der Waals surface area (Å²) in [6.45, 7) is -0.482. The molecule has 0 saturated heterocycles. The number of carbonyl (C=O) groups is 3. The van der Waals surface area contributed by atoms with Crippen LogP contribution in [0.15, 0.2) is 0 Å². The van der Waals surface area contributed by atoms with Gasteiger partial charge in [-0.1, -0.05) is 0 Å². The average molecular weight is 233 g/mol. The molecule has 92 valence electrons. The summed E-state index contributed by atoms with van der Waals surface area (Å²) >= 11 is 0. The van der Waals surface area contributed by atoms with Crippen molar-refractivity contribution in [1.29, 1.82) is 0 Å². The van der Waals surface area contributed by atoms with Gasteiger partial charge in [0.05, 0.1) is 7.11 Å². The second-order valence-corrected chi connectivity index (χ2v) is 2.92. The number of nitrogens with one attached hydrogen (secondary N) is 1. The van der Waals surface area contributed by atoms with E-state index in [4.69, 9.17) is 5.11 Å². The molecule has 1 amide bonds. The molecule has 0 bridgehead atoms. The number of esters is 1. The topological polar surface area (TPSA) is 102 Å². The van der Waals surface area contributed by atoms with E-state index in [-0.39, 0.29) is 19.0 Å². The highest BCUT2D eigenvalue weighted by atomic mass is 16.5. The summed E-state index contributed by atoms with van der Waals surface area (Å²) in [5.41, 5.74) is 0. The third kappa shape index (κ3) is 8.95. The Kier molecular flexibility index (Phi) is 7.78. The highest BCUT2D eigenvalue weighted by molar-refractivity contribution is 5.77. The molecule has 0 aromatic heterocycles. The van der Waals surface area contributed by atoms with Gasteiger partial charge in [0.25, 0.3) is 0 Å². The van der Waals surface area contributed by atoms with Gasteiger partial charge in [-0.2, -0.15) is 0 Å². The summed E-state index contributed by atoms with van der Waals surface area (Å²) in [5.74, 6) is -1.87. The van der Waals surface area contributed by atoms with Crippen LogP contribution in [0.3, 0.4) is 0 Å². The molecule has 0 aliphatic rings. The highest BCUT2D eigenvalue weighted by Gasteiger charge is 2.04. The van der Waals surface area contributed by atoms with Crippen molar-refractivity contribution in [3.63, 3.8) is 0 Å². The number of hydrogen-bond acceptors (Lipinski definition) is 5. The number of rotatable bonds is 8. The second kappa shape index (κ2) is 8.66. The monoisotopic (exact) mass is 233 g/mol. The summed E-state index contributed by atoms with van der Waals surface area (Å²) < 4.78 is 8.96. The van der Waals surface area contributed by atoms with E-state index >= 15 is 0 Å². The lowest BCUT2D eigenvalue weighted by Crippen LogP contribution is -2.29. The lowest BCUT2D eigenvalue weighted by Gasteiger charge is -2.04. The largest absolute Gasteiger partial charge is 0.480 e. The first-order valence-corrected chi connectivity index (χ1v) is 4.69. The zero-order valence-electron chi connectivity index (χ0n) is 9.02. The Balaban J connectivity index is 3.37. The molecule has 0 saturated carbocycles. The first-order valence-electron chi connectivity index (χ1n) is 4.69. The van der Waals surface area contributed by atoms with Crippen LogP contribution < -0.4 is 5.32 Å². The van der Waals surface area contributed by atoms with Crippen LogP contribution in [0.4, 0.5) is 0 Å². The van der Waals surface area contributed by atoms with E-state index in [1.54, 1.807) is 0 Å². The van der Waals surface area contributed by atoms with Crippen LogP contribution in [0, 0.1) is 0 Å². The van der Waals surface area contributed by atoms with Crippen molar-refractivity contribution in [2.75, 3.05) is 26.9 Å². The summed E-state index contributed by atoms with van der Waals surface area (Å²) in [5, 5.41) is 10.7. The van der Waals surface area contributed by atoms with Crippen LogP contribution >= 0.6 is 0 Å². The molecule has 0 aliphatic carbocycles. The molecule has 0 radical (unpaired) electrons. The van der Waals surface area contributed by atoms with E-state index in [1.165, 1.54) is 7.11 Å². The Labute approximate surface area is 92.7 Å². The van der Waals surface area contributed by atoms with Crippen LogP contribution in [0.25, 0.3) is 0 Å². The van der Waals surface area contributed by atoms with Crippen LogP contribution in [0.5, 0.6) is 0 Å². The maximum atomic E-state index is 11.0. The Morgan fingerprint density at radius 2 is 1.94 bits per heavy atom. The number of ether oxygens (including phenoxy) is 2. The van der Waals surface area contributed by atoms with Gasteiger partial charge in [0.2, 0.25) is 5.91 Å². The summed E-state index contributed by atoms with van der Waals surface area (Å²) in [6, 6.07) is 0. The molecule has 7 heteroatoms. The zero-order chi connectivity index (χ0) is 12.4. The van der Waals surface area contributed by atoms with E-state index in [0.717, 1.165) is 0 Å². The van der Waals surface area contributed by atoms with Crippen LogP contribution in [0.2, 0.25) is 0 Å². The number of carboxylic acids is 1. The molecule has 0 rings (SSSR count). The van der Waals surface area contributed by atoms with Crippen molar-refractivity contribution in [3.8, 4) is 0 Å². The molecule has 16 heavy (non-hydrogen) atoms. The summed E-state index contributed by atoms with van der Waals surface area (Å²) in [4.78, 5) is 31.7. The normalized spacial score (nSPS) is 9.56. The molecular formula is C9H15NO6. The van der Waals surface area contributed by atoms with E-state index < -0.39 is 18.5 Å². The van der Waals surface area contributed by atoms with Gasteiger partial charge in [0, 0.05) is 13.0 Å². The van der Waals surface area contributed by atoms with Gasteiger partial charge in [-0.05, 0) is 6.42 Å². The van der Waals surface area contributed by atoms with Crippen molar-refractivity contribution in [2.24, 2.45) is 0 Å². The van der Waals surface area contributed by atoms with Gasteiger partial charge in [0.15, 0.2) is 0 Å². The fourth-order valence-corrected chi connectivity index (χ4v) is 0.845. The molecule has 0 aromatic rings. The standard InChI is InChI=1S/C9H15NO6/c1-15-9(14)3-2-4-10-7(11)5-16-6-8(12)13/h2-6H2,1H3,(H,10,11)(H,12,13). The van der Waals surface area contributed by atoms with E-state index in [0.29, 0.717) is 13.0 Å². The zero-order valence-corrected chi connectivity index (χ0v) is 9.02. The lowest BCUT2D eigenvalue weighted by atomic mass is 10.3. The molecule has 7 nitrogen and oxygen atoms in total. The van der Waals surface area contributed by atoms with Crippen molar-refractivity contribution in [2.45, 2.75) is 12.8 Å². The predicted octanol–water partition coefficient (Wildman–Crippen LogP) is -0.843. The fourth-order valence-electron chi connectivity index (χ4n) is 0.845. The summed E-state index contributed by atoms with van der Waals surface area (Å²) in [7, 11) is 1.29.